The first-order chi connectivity index (χ1) is 10.1. The van der Waals surface area contributed by atoms with E-state index in [-0.39, 0.29) is 6.10 Å². The van der Waals surface area contributed by atoms with Gasteiger partial charge in [0.25, 0.3) is 0 Å². The second-order valence-electron chi connectivity index (χ2n) is 4.85. The van der Waals surface area contributed by atoms with E-state index in [1.807, 2.05) is 50.2 Å². The van der Waals surface area contributed by atoms with Gasteiger partial charge in [-0.25, -0.2) is 0 Å². The number of nitrogens with one attached hydrogen (secondary N) is 1. The second-order valence-corrected chi connectivity index (χ2v) is 4.85. The second kappa shape index (κ2) is 7.38. The van der Waals surface area contributed by atoms with Gasteiger partial charge in [0.1, 0.15) is 18.2 Å². The Bertz CT molecular complexity index is 559. The molecule has 112 valence electrons. The summed E-state index contributed by atoms with van der Waals surface area (Å²) in [7, 11) is 0. The minimum atomic E-state index is 0.0384. The van der Waals surface area contributed by atoms with Gasteiger partial charge >= 0.3 is 0 Å². The van der Waals surface area contributed by atoms with E-state index < -0.39 is 0 Å². The Morgan fingerprint density at radius 1 is 1.14 bits per heavy atom. The molecule has 2 aromatic rings. The van der Waals surface area contributed by atoms with Crippen LogP contribution >= 0.6 is 0 Å². The van der Waals surface area contributed by atoms with Crippen molar-refractivity contribution in [2.45, 2.75) is 20.0 Å². The third-order valence-corrected chi connectivity index (χ3v) is 2.66. The molecule has 0 aliphatic rings. The lowest BCUT2D eigenvalue weighted by atomic mass is 10.3. The zero-order chi connectivity index (χ0) is 15.1. The highest BCUT2D eigenvalue weighted by molar-refractivity contribution is 5.53. The number of aromatic nitrogens is 1. The summed E-state index contributed by atoms with van der Waals surface area (Å²) in [5.41, 5.74) is 6.37. The van der Waals surface area contributed by atoms with E-state index in [0.29, 0.717) is 24.7 Å². The van der Waals surface area contributed by atoms with Crippen LogP contribution < -0.4 is 20.5 Å². The Balaban J connectivity index is 1.83. The Kier molecular flexibility index (Phi) is 5.26. The van der Waals surface area contributed by atoms with E-state index in [4.69, 9.17) is 15.2 Å². The average molecular weight is 287 g/mol. The lowest BCUT2D eigenvalue weighted by Gasteiger charge is -2.13. The molecule has 0 radical (unpaired) electrons. The fourth-order valence-electron chi connectivity index (χ4n) is 1.73. The Morgan fingerprint density at radius 2 is 1.90 bits per heavy atom. The molecule has 0 aliphatic carbocycles. The van der Waals surface area contributed by atoms with Gasteiger partial charge in [-0.1, -0.05) is 18.2 Å². The lowest BCUT2D eigenvalue weighted by molar-refractivity contribution is 0.234. The first-order valence-corrected chi connectivity index (χ1v) is 7.00. The molecule has 0 unspecified atom stereocenters. The highest BCUT2D eigenvalue weighted by atomic mass is 16.5. The maximum absolute atomic E-state index is 5.83. The molecule has 1 aromatic heterocycles. The van der Waals surface area contributed by atoms with Crippen LogP contribution in [0.3, 0.4) is 0 Å². The molecule has 0 saturated heterocycles. The summed E-state index contributed by atoms with van der Waals surface area (Å²) in [4.78, 5) is 4.34. The standard InChI is InChI=1S/C16H21N3O2/c1-12(2)21-16-14(17)8-9-15(19-16)18-10-11-20-13-6-4-3-5-7-13/h3-9,12H,10-11,17H2,1-2H3,(H,18,19). The Hall–Kier alpha value is -2.43. The van der Waals surface area contributed by atoms with Crippen molar-refractivity contribution >= 4 is 11.5 Å². The first-order valence-electron chi connectivity index (χ1n) is 7.00. The lowest BCUT2D eigenvalue weighted by Crippen LogP contribution is -2.14. The van der Waals surface area contributed by atoms with Gasteiger partial charge in [-0.05, 0) is 38.1 Å². The molecule has 0 spiro atoms. The van der Waals surface area contributed by atoms with Gasteiger partial charge in [-0.2, -0.15) is 4.98 Å². The fourth-order valence-corrected chi connectivity index (χ4v) is 1.73. The van der Waals surface area contributed by atoms with Crippen LogP contribution in [-0.4, -0.2) is 24.2 Å². The van der Waals surface area contributed by atoms with Crippen LogP contribution in [0.2, 0.25) is 0 Å². The van der Waals surface area contributed by atoms with Crippen LogP contribution in [0.25, 0.3) is 0 Å². The van der Waals surface area contributed by atoms with Crippen LogP contribution in [-0.2, 0) is 0 Å². The van der Waals surface area contributed by atoms with E-state index in [0.717, 1.165) is 11.6 Å². The smallest absolute Gasteiger partial charge is 0.239 e. The molecule has 0 fully saturated rings. The van der Waals surface area contributed by atoms with Gasteiger partial charge in [-0.15, -0.1) is 0 Å². The number of ether oxygens (including phenoxy) is 2. The summed E-state index contributed by atoms with van der Waals surface area (Å²) in [6, 6.07) is 13.3. The molecule has 2 rings (SSSR count). The third-order valence-electron chi connectivity index (χ3n) is 2.66. The molecule has 0 bridgehead atoms. The zero-order valence-electron chi connectivity index (χ0n) is 12.4. The van der Waals surface area contributed by atoms with E-state index in [9.17, 15) is 0 Å². The van der Waals surface area contributed by atoms with Crippen LogP contribution in [0.4, 0.5) is 11.5 Å². The van der Waals surface area contributed by atoms with Gasteiger partial charge in [0, 0.05) is 0 Å². The molecule has 0 aliphatic heterocycles. The average Bonchev–Trinajstić information content (AvgIpc) is 2.47. The molecule has 1 aromatic carbocycles. The van der Waals surface area contributed by atoms with Crippen LogP contribution in [0.1, 0.15) is 13.8 Å². The maximum atomic E-state index is 5.83. The molecule has 5 heteroatoms. The minimum Gasteiger partial charge on any atom is -0.492 e. The van der Waals surface area contributed by atoms with Gasteiger partial charge < -0.3 is 20.5 Å². The molecule has 0 amide bonds. The summed E-state index contributed by atoms with van der Waals surface area (Å²) >= 11 is 0. The van der Waals surface area contributed by atoms with Crippen molar-refractivity contribution < 1.29 is 9.47 Å². The van der Waals surface area contributed by atoms with Gasteiger partial charge in [0.15, 0.2) is 0 Å². The predicted octanol–water partition coefficient (Wildman–Crippen LogP) is 2.94. The van der Waals surface area contributed by atoms with Crippen LogP contribution in [0, 0.1) is 0 Å². The van der Waals surface area contributed by atoms with E-state index in [1.165, 1.54) is 0 Å². The quantitative estimate of drug-likeness (QED) is 0.766. The number of para-hydroxylation sites is 1. The number of anilines is 2. The molecule has 0 saturated carbocycles. The fraction of sp³-hybridized carbons (Fsp3) is 0.312. The number of nitrogens with two attached hydrogens (primary N) is 1. The maximum Gasteiger partial charge on any atom is 0.239 e. The SMILES string of the molecule is CC(C)Oc1nc(NCCOc2ccccc2)ccc1N. The Labute approximate surface area is 125 Å². The van der Waals surface area contributed by atoms with Crippen molar-refractivity contribution in [3.63, 3.8) is 0 Å². The summed E-state index contributed by atoms with van der Waals surface area (Å²) in [5.74, 6) is 2.03. The molecule has 21 heavy (non-hydrogen) atoms. The molecule has 0 atom stereocenters. The van der Waals surface area contributed by atoms with Crippen molar-refractivity contribution in [1.29, 1.82) is 0 Å². The molecular formula is C16H21N3O2. The zero-order valence-corrected chi connectivity index (χ0v) is 12.4. The van der Waals surface area contributed by atoms with Crippen molar-refractivity contribution in [2.24, 2.45) is 0 Å². The van der Waals surface area contributed by atoms with Crippen LogP contribution in [0.15, 0.2) is 42.5 Å². The highest BCUT2D eigenvalue weighted by Gasteiger charge is 2.06. The monoisotopic (exact) mass is 287 g/mol. The predicted molar refractivity (Wildman–Crippen MR) is 84.8 cm³/mol. The molecule has 3 N–H and O–H groups in total. The Morgan fingerprint density at radius 3 is 2.62 bits per heavy atom. The van der Waals surface area contributed by atoms with Gasteiger partial charge in [0.2, 0.25) is 5.88 Å². The number of hydrogen-bond donors (Lipinski definition) is 2. The van der Waals surface area contributed by atoms with Crippen LogP contribution in [0.5, 0.6) is 11.6 Å². The highest BCUT2D eigenvalue weighted by Crippen LogP contribution is 2.21. The van der Waals surface area contributed by atoms with Crippen molar-refractivity contribution in [2.75, 3.05) is 24.2 Å². The largest absolute Gasteiger partial charge is 0.492 e. The van der Waals surface area contributed by atoms with E-state index in [2.05, 4.69) is 10.3 Å². The van der Waals surface area contributed by atoms with E-state index >= 15 is 0 Å². The topological polar surface area (TPSA) is 69.4 Å². The van der Waals surface area contributed by atoms with Crippen molar-refractivity contribution in [3.8, 4) is 11.6 Å². The first kappa shape index (κ1) is 15.0. The number of nitrogens with zero attached hydrogens (tertiary/aromatic N) is 1. The number of pyridine rings is 1. The minimum absolute atomic E-state index is 0.0384. The number of hydrogen-bond acceptors (Lipinski definition) is 5. The molecule has 5 nitrogen and oxygen atoms in total. The number of rotatable bonds is 7. The summed E-state index contributed by atoms with van der Waals surface area (Å²) in [5, 5.41) is 3.18. The normalized spacial score (nSPS) is 10.4. The van der Waals surface area contributed by atoms with Gasteiger partial charge in [0.05, 0.1) is 18.3 Å². The summed E-state index contributed by atoms with van der Waals surface area (Å²) in [6.07, 6.45) is 0.0384. The summed E-state index contributed by atoms with van der Waals surface area (Å²) < 4.78 is 11.2. The number of benzene rings is 1. The molecular weight excluding hydrogens is 266 g/mol. The third kappa shape index (κ3) is 4.87. The van der Waals surface area contributed by atoms with Gasteiger partial charge in [-0.3, -0.25) is 0 Å². The van der Waals surface area contributed by atoms with Crippen molar-refractivity contribution in [1.82, 2.24) is 4.98 Å². The molecule has 1 heterocycles. The number of nitrogen functional groups attached to an aromatic ring is 1. The van der Waals surface area contributed by atoms with E-state index in [1.54, 1.807) is 6.07 Å². The summed E-state index contributed by atoms with van der Waals surface area (Å²) in [6.45, 7) is 5.08. The van der Waals surface area contributed by atoms with Crippen molar-refractivity contribution in [3.05, 3.63) is 42.5 Å².